The Kier molecular flexibility index (Phi) is 10.6. The highest BCUT2D eigenvalue weighted by Crippen LogP contribution is 2.48. The van der Waals surface area contributed by atoms with Gasteiger partial charge in [-0.25, -0.2) is 0 Å². The van der Waals surface area contributed by atoms with Crippen LogP contribution in [0.2, 0.25) is 0 Å². The Balaban J connectivity index is 1.22. The van der Waals surface area contributed by atoms with Gasteiger partial charge >= 0.3 is 6.18 Å². The first-order valence-corrected chi connectivity index (χ1v) is 24.1. The fourth-order valence-corrected chi connectivity index (χ4v) is 11.0. The van der Waals surface area contributed by atoms with Crippen LogP contribution in [0.1, 0.15) is 33.4 Å². The molecule has 0 fully saturated rings. The Morgan fingerprint density at radius 3 is 0.986 bits per heavy atom. The summed E-state index contributed by atoms with van der Waals surface area (Å²) < 4.78 is 54.6. The first kappa shape index (κ1) is 44.3. The monoisotopic (exact) mass is 937 g/mol. The number of alkyl halides is 3. The average molecular weight is 938 g/mol. The molecule has 0 saturated heterocycles. The van der Waals surface area contributed by atoms with Gasteiger partial charge in [0.25, 0.3) is 0 Å². The quantitative estimate of drug-likeness (QED) is 0.157. The molecule has 2 heterocycles. The lowest BCUT2D eigenvalue weighted by Crippen LogP contribution is -2.16. The van der Waals surface area contributed by atoms with Crippen LogP contribution in [0.5, 0.6) is 0 Å². The van der Waals surface area contributed by atoms with Gasteiger partial charge in [0.2, 0.25) is 0 Å². The topological polar surface area (TPSA) is 33.6 Å². The van der Waals surface area contributed by atoms with Crippen LogP contribution in [0.4, 0.5) is 13.2 Å². The number of hydrogen-bond acceptors (Lipinski definition) is 1. The van der Waals surface area contributed by atoms with Crippen molar-refractivity contribution >= 4 is 43.6 Å². The molecule has 12 rings (SSSR count). The number of nitriles is 1. The summed E-state index contributed by atoms with van der Waals surface area (Å²) in [4.78, 5) is 0. The molecule has 6 heteroatoms. The van der Waals surface area contributed by atoms with Crippen molar-refractivity contribution < 1.29 is 13.2 Å². The molecule has 0 bridgehead atoms. The second-order valence-electron chi connectivity index (χ2n) is 18.9. The molecule has 12 aromatic rings. The second-order valence-corrected chi connectivity index (χ2v) is 18.9. The Labute approximate surface area is 415 Å². The summed E-state index contributed by atoms with van der Waals surface area (Å²) in [6, 6.07) is 69.8. The number of fused-ring (bicyclic) bond motifs is 6. The van der Waals surface area contributed by atoms with Gasteiger partial charge in [0.15, 0.2) is 0 Å². The van der Waals surface area contributed by atoms with Crippen LogP contribution in [-0.4, -0.2) is 9.13 Å². The third-order valence-electron chi connectivity index (χ3n) is 14.5. The summed E-state index contributed by atoms with van der Waals surface area (Å²) in [5.41, 5.74) is 15.8. The van der Waals surface area contributed by atoms with Crippen LogP contribution in [0, 0.1) is 39.0 Å². The molecule has 3 nitrogen and oxygen atoms in total. The van der Waals surface area contributed by atoms with Crippen LogP contribution < -0.4 is 0 Å². The number of halogens is 3. The smallest absolute Gasteiger partial charge is 0.309 e. The predicted octanol–water partition coefficient (Wildman–Crippen LogP) is 18.3. The summed E-state index contributed by atoms with van der Waals surface area (Å²) in [5.74, 6) is 0. The van der Waals surface area contributed by atoms with Crippen LogP contribution in [0.15, 0.2) is 206 Å². The number of aryl methyl sites for hydroxylation is 4. The zero-order chi connectivity index (χ0) is 49.4. The molecule has 0 amide bonds. The van der Waals surface area contributed by atoms with Crippen molar-refractivity contribution in [2.75, 3.05) is 0 Å². The highest BCUT2D eigenvalue weighted by Gasteiger charge is 2.40. The highest BCUT2D eigenvalue weighted by atomic mass is 19.4. The molecule has 0 aliphatic carbocycles. The van der Waals surface area contributed by atoms with Crippen molar-refractivity contribution in [1.82, 2.24) is 9.13 Å². The fraction of sp³-hybridized carbons (Fsp3) is 0.0758. The van der Waals surface area contributed by atoms with Crippen molar-refractivity contribution in [3.8, 4) is 73.1 Å². The van der Waals surface area contributed by atoms with E-state index in [-0.39, 0.29) is 11.4 Å². The van der Waals surface area contributed by atoms with Gasteiger partial charge in [-0.2, -0.15) is 18.4 Å². The summed E-state index contributed by atoms with van der Waals surface area (Å²) >= 11 is 0. The van der Waals surface area contributed by atoms with Crippen molar-refractivity contribution in [1.29, 1.82) is 5.26 Å². The van der Waals surface area contributed by atoms with Crippen LogP contribution in [-0.2, 0) is 6.18 Å². The van der Waals surface area contributed by atoms with Gasteiger partial charge in [-0.1, -0.05) is 133 Å². The minimum absolute atomic E-state index is 0.0206. The number of benzene rings is 10. The minimum Gasteiger partial charge on any atom is -0.309 e. The van der Waals surface area contributed by atoms with E-state index in [0.717, 1.165) is 88.3 Å². The zero-order valence-corrected chi connectivity index (χ0v) is 40.1. The number of aromatic nitrogens is 2. The Morgan fingerprint density at radius 1 is 0.347 bits per heavy atom. The van der Waals surface area contributed by atoms with Crippen molar-refractivity contribution in [2.24, 2.45) is 0 Å². The molecule has 0 aliphatic heterocycles. The van der Waals surface area contributed by atoms with E-state index in [2.05, 4.69) is 107 Å². The molecular weight excluding hydrogens is 892 g/mol. The Hall–Kier alpha value is -8.92. The number of nitrogens with zero attached hydrogens (tertiary/aromatic N) is 3. The molecule has 0 atom stereocenters. The van der Waals surface area contributed by atoms with E-state index in [1.54, 1.807) is 39.5 Å². The van der Waals surface area contributed by atoms with Crippen molar-refractivity contribution in [3.63, 3.8) is 0 Å². The lowest BCUT2D eigenvalue weighted by Gasteiger charge is -2.23. The summed E-state index contributed by atoms with van der Waals surface area (Å²) in [6.07, 6.45) is -4.85. The first-order chi connectivity index (χ1) is 34.9. The maximum absolute atomic E-state index is 17.0. The highest BCUT2D eigenvalue weighted by molar-refractivity contribution is 6.14. The summed E-state index contributed by atoms with van der Waals surface area (Å²) in [5, 5.41) is 13.4. The van der Waals surface area contributed by atoms with Crippen molar-refractivity contribution in [3.05, 3.63) is 240 Å². The third kappa shape index (κ3) is 7.36. The summed E-state index contributed by atoms with van der Waals surface area (Å²) in [6.45, 7) is 8.30. The standard InChI is InChI=1S/C66H46F3N3/c1-40-14-5-9-20-51(40)46-24-28-59-55(33-46)56-34-47(52-21-10-6-15-41(52)2)25-29-60(56)71(59)63-37-50(45-19-13-18-44(32-45)39-70)38-64(65(63)66(67,68)69)72-61-30-26-48(53-22-11-7-16-42(53)3)35-57(61)58-36-49(27-31-62(58)72)54-23-12-8-17-43(54)4/h5-38H,1-4H3. The van der Waals surface area contributed by atoms with Gasteiger partial charge in [0.1, 0.15) is 5.56 Å². The average Bonchev–Trinajstić information content (AvgIpc) is 3.89. The molecule has 346 valence electrons. The lowest BCUT2D eigenvalue weighted by atomic mass is 9.97. The van der Waals surface area contributed by atoms with Gasteiger partial charge in [0, 0.05) is 21.5 Å². The fourth-order valence-electron chi connectivity index (χ4n) is 11.0. The molecule has 0 spiro atoms. The maximum atomic E-state index is 17.0. The van der Waals surface area contributed by atoms with Gasteiger partial charge in [-0.05, 0) is 178 Å². The van der Waals surface area contributed by atoms with Gasteiger partial charge in [-0.15, -0.1) is 0 Å². The van der Waals surface area contributed by atoms with Gasteiger partial charge < -0.3 is 9.13 Å². The summed E-state index contributed by atoms with van der Waals surface area (Å²) in [7, 11) is 0. The zero-order valence-electron chi connectivity index (χ0n) is 40.1. The van der Waals surface area contributed by atoms with E-state index in [4.69, 9.17) is 0 Å². The Bertz CT molecular complexity index is 3780. The molecule has 10 aromatic carbocycles. The Morgan fingerprint density at radius 2 is 0.681 bits per heavy atom. The molecule has 0 aliphatic rings. The number of hydrogen-bond donors (Lipinski definition) is 0. The van der Waals surface area contributed by atoms with Crippen LogP contribution >= 0.6 is 0 Å². The molecule has 0 unspecified atom stereocenters. The largest absolute Gasteiger partial charge is 0.420 e. The third-order valence-corrected chi connectivity index (χ3v) is 14.5. The van der Waals surface area contributed by atoms with Gasteiger partial charge in [-0.3, -0.25) is 0 Å². The van der Waals surface area contributed by atoms with E-state index >= 15 is 13.2 Å². The molecule has 0 radical (unpaired) electrons. The normalized spacial score (nSPS) is 11.8. The SMILES string of the molecule is Cc1ccccc1-c1ccc2c(c1)c1cc(-c3ccccc3C)ccc1n2-c1cc(-c2cccc(C#N)c2)cc(-n2c3ccc(-c4ccccc4C)cc3c3cc(-c4ccccc4C)ccc32)c1C(F)(F)F. The van der Waals surface area contributed by atoms with Crippen LogP contribution in [0.3, 0.4) is 0 Å². The maximum Gasteiger partial charge on any atom is 0.420 e. The van der Waals surface area contributed by atoms with Crippen LogP contribution in [0.25, 0.3) is 111 Å². The molecule has 0 saturated carbocycles. The van der Waals surface area contributed by atoms with E-state index < -0.39 is 11.7 Å². The first-order valence-electron chi connectivity index (χ1n) is 24.1. The molecular formula is C66H46F3N3. The number of rotatable bonds is 7. The van der Waals surface area contributed by atoms with E-state index in [0.29, 0.717) is 38.8 Å². The lowest BCUT2D eigenvalue weighted by molar-refractivity contribution is -0.137. The van der Waals surface area contributed by atoms with E-state index in [9.17, 15) is 5.26 Å². The second kappa shape index (κ2) is 17.2. The van der Waals surface area contributed by atoms with Gasteiger partial charge in [0.05, 0.1) is 45.1 Å². The molecule has 0 N–H and O–H groups in total. The predicted molar refractivity (Wildman–Crippen MR) is 291 cm³/mol. The van der Waals surface area contributed by atoms with E-state index in [1.807, 2.05) is 103 Å². The van der Waals surface area contributed by atoms with Crippen molar-refractivity contribution in [2.45, 2.75) is 33.9 Å². The molecule has 2 aromatic heterocycles. The van der Waals surface area contributed by atoms with E-state index in [1.165, 1.54) is 0 Å². The minimum atomic E-state index is -4.85. The molecule has 72 heavy (non-hydrogen) atoms.